The highest BCUT2D eigenvalue weighted by Crippen LogP contribution is 2.37. The molecule has 0 aromatic heterocycles. The number of nitrogens with zero attached hydrogens (tertiary/aromatic N) is 1. The molecule has 1 aliphatic heterocycles. The molecule has 1 heterocycles. The minimum Gasteiger partial charge on any atom is -0.297 e. The molecule has 0 spiro atoms. The quantitative estimate of drug-likeness (QED) is 0.633. The summed E-state index contributed by atoms with van der Waals surface area (Å²) < 4.78 is 0. The molecule has 0 aromatic rings. The van der Waals surface area contributed by atoms with Crippen molar-refractivity contribution >= 4 is 0 Å². The minimum absolute atomic E-state index is 0.833. The van der Waals surface area contributed by atoms with Crippen LogP contribution in [0.2, 0.25) is 0 Å². The highest BCUT2D eigenvalue weighted by atomic mass is 15.2. The predicted molar refractivity (Wildman–Crippen MR) is 56.8 cm³/mol. The van der Waals surface area contributed by atoms with Crippen LogP contribution in [-0.4, -0.2) is 23.5 Å². The highest BCUT2D eigenvalue weighted by molar-refractivity contribution is 4.94. The van der Waals surface area contributed by atoms with Gasteiger partial charge < -0.3 is 0 Å². The number of likely N-dealkylation sites (tertiary alicyclic amines) is 1. The molecule has 1 aliphatic carbocycles. The molecule has 2 aliphatic rings. The van der Waals surface area contributed by atoms with Gasteiger partial charge in [-0.1, -0.05) is 26.2 Å². The Morgan fingerprint density at radius 1 is 1.23 bits per heavy atom. The molecular weight excluding hydrogens is 158 g/mol. The first-order valence-electron chi connectivity index (χ1n) is 6.08. The topological polar surface area (TPSA) is 3.24 Å². The molecule has 2 unspecified atom stereocenters. The van der Waals surface area contributed by atoms with E-state index in [2.05, 4.69) is 18.7 Å². The van der Waals surface area contributed by atoms with E-state index in [1.807, 2.05) is 0 Å². The maximum absolute atomic E-state index is 2.75. The molecule has 1 heteroatoms. The van der Waals surface area contributed by atoms with Crippen LogP contribution in [0.5, 0.6) is 0 Å². The normalized spacial score (nSPS) is 37.4. The maximum atomic E-state index is 2.75. The lowest BCUT2D eigenvalue weighted by molar-refractivity contribution is -0.0220. The van der Waals surface area contributed by atoms with Gasteiger partial charge in [0, 0.05) is 18.6 Å². The fourth-order valence-electron chi connectivity index (χ4n) is 3.02. The Morgan fingerprint density at radius 2 is 2.00 bits per heavy atom. The number of rotatable bonds is 2. The summed E-state index contributed by atoms with van der Waals surface area (Å²) in [6.07, 6.45) is 8.78. The predicted octanol–water partition coefficient (Wildman–Crippen LogP) is 3.05. The Hall–Kier alpha value is -0.0400. The second-order valence-corrected chi connectivity index (χ2v) is 4.92. The summed E-state index contributed by atoms with van der Waals surface area (Å²) >= 11 is 0. The van der Waals surface area contributed by atoms with E-state index in [-0.39, 0.29) is 0 Å². The standard InChI is InChI=1S/C12H23N/c1-3-10(2)13-9-11-7-5-4-6-8-12(11)13/h10-12H,3-9H2,1-2H3/t10-,11?,12?/m0/s1. The van der Waals surface area contributed by atoms with E-state index in [0.717, 1.165) is 18.0 Å². The number of fused-ring (bicyclic) bond motifs is 1. The van der Waals surface area contributed by atoms with Crippen molar-refractivity contribution in [1.82, 2.24) is 4.90 Å². The van der Waals surface area contributed by atoms with E-state index in [9.17, 15) is 0 Å². The summed E-state index contributed by atoms with van der Waals surface area (Å²) in [5, 5.41) is 0. The number of hydrogen-bond acceptors (Lipinski definition) is 1. The molecule has 3 atom stereocenters. The van der Waals surface area contributed by atoms with Crippen molar-refractivity contribution in [3.05, 3.63) is 0 Å². The largest absolute Gasteiger partial charge is 0.297 e. The number of hydrogen-bond donors (Lipinski definition) is 0. The van der Waals surface area contributed by atoms with Crippen molar-refractivity contribution in [2.75, 3.05) is 6.54 Å². The molecule has 13 heavy (non-hydrogen) atoms. The van der Waals surface area contributed by atoms with E-state index in [0.29, 0.717) is 0 Å². The van der Waals surface area contributed by atoms with E-state index in [1.54, 1.807) is 0 Å². The first-order chi connectivity index (χ1) is 6.33. The zero-order chi connectivity index (χ0) is 9.26. The van der Waals surface area contributed by atoms with Gasteiger partial charge in [0.2, 0.25) is 0 Å². The van der Waals surface area contributed by atoms with Gasteiger partial charge in [0.15, 0.2) is 0 Å². The SMILES string of the molecule is CC[C@H](C)N1CC2CCCCCC21. The van der Waals surface area contributed by atoms with Crippen molar-refractivity contribution in [3.63, 3.8) is 0 Å². The molecule has 1 saturated carbocycles. The van der Waals surface area contributed by atoms with E-state index >= 15 is 0 Å². The van der Waals surface area contributed by atoms with E-state index < -0.39 is 0 Å². The summed E-state index contributed by atoms with van der Waals surface area (Å²) in [4.78, 5) is 2.75. The fourth-order valence-corrected chi connectivity index (χ4v) is 3.02. The van der Waals surface area contributed by atoms with Gasteiger partial charge in [-0.05, 0) is 32.1 Å². The Labute approximate surface area is 82.5 Å². The molecule has 0 aromatic carbocycles. The van der Waals surface area contributed by atoms with Gasteiger partial charge in [0.1, 0.15) is 0 Å². The van der Waals surface area contributed by atoms with Gasteiger partial charge in [0.25, 0.3) is 0 Å². The van der Waals surface area contributed by atoms with Crippen LogP contribution < -0.4 is 0 Å². The van der Waals surface area contributed by atoms with Gasteiger partial charge in [-0.25, -0.2) is 0 Å². The first kappa shape index (κ1) is 9.51. The summed E-state index contributed by atoms with van der Waals surface area (Å²) in [5.41, 5.74) is 0. The van der Waals surface area contributed by atoms with Crippen LogP contribution in [0, 0.1) is 5.92 Å². The smallest absolute Gasteiger partial charge is 0.0139 e. The third-order valence-electron chi connectivity index (χ3n) is 4.15. The van der Waals surface area contributed by atoms with Crippen LogP contribution in [0.3, 0.4) is 0 Å². The molecule has 0 amide bonds. The summed E-state index contributed by atoms with van der Waals surface area (Å²) in [5.74, 6) is 1.07. The Kier molecular flexibility index (Phi) is 2.92. The molecule has 2 fully saturated rings. The molecule has 1 saturated heterocycles. The van der Waals surface area contributed by atoms with Crippen molar-refractivity contribution in [3.8, 4) is 0 Å². The zero-order valence-electron chi connectivity index (χ0n) is 9.13. The van der Waals surface area contributed by atoms with Crippen molar-refractivity contribution in [2.45, 2.75) is 64.5 Å². The van der Waals surface area contributed by atoms with Crippen LogP contribution in [0.25, 0.3) is 0 Å². The maximum Gasteiger partial charge on any atom is 0.0139 e. The second-order valence-electron chi connectivity index (χ2n) is 4.92. The van der Waals surface area contributed by atoms with Gasteiger partial charge in [-0.15, -0.1) is 0 Å². The summed E-state index contributed by atoms with van der Waals surface area (Å²) in [7, 11) is 0. The minimum atomic E-state index is 0.833. The second kappa shape index (κ2) is 4.00. The molecule has 0 radical (unpaired) electrons. The molecular formula is C12H23N. The van der Waals surface area contributed by atoms with Crippen molar-refractivity contribution in [1.29, 1.82) is 0 Å². The summed E-state index contributed by atoms with van der Waals surface area (Å²) in [6, 6.07) is 1.80. The fraction of sp³-hybridized carbons (Fsp3) is 1.00. The Morgan fingerprint density at radius 3 is 2.77 bits per heavy atom. The highest BCUT2D eigenvalue weighted by Gasteiger charge is 2.40. The third-order valence-corrected chi connectivity index (χ3v) is 4.15. The van der Waals surface area contributed by atoms with Gasteiger partial charge in [-0.3, -0.25) is 4.90 Å². The van der Waals surface area contributed by atoms with Crippen LogP contribution in [-0.2, 0) is 0 Å². The third kappa shape index (κ3) is 1.76. The summed E-state index contributed by atoms with van der Waals surface area (Å²) in [6.45, 7) is 6.11. The lowest BCUT2D eigenvalue weighted by Gasteiger charge is -2.51. The molecule has 0 N–H and O–H groups in total. The zero-order valence-corrected chi connectivity index (χ0v) is 9.13. The lowest BCUT2D eigenvalue weighted by atomic mass is 9.83. The van der Waals surface area contributed by atoms with Crippen molar-refractivity contribution in [2.24, 2.45) is 5.92 Å². The first-order valence-corrected chi connectivity index (χ1v) is 6.08. The van der Waals surface area contributed by atoms with Crippen LogP contribution in [0.4, 0.5) is 0 Å². The molecule has 1 nitrogen and oxygen atoms in total. The Bertz CT molecular complexity index is 167. The van der Waals surface area contributed by atoms with Gasteiger partial charge in [-0.2, -0.15) is 0 Å². The molecule has 76 valence electrons. The molecule has 2 rings (SSSR count). The van der Waals surface area contributed by atoms with Gasteiger partial charge in [0.05, 0.1) is 0 Å². The van der Waals surface area contributed by atoms with Gasteiger partial charge >= 0.3 is 0 Å². The van der Waals surface area contributed by atoms with E-state index in [1.165, 1.54) is 45.1 Å². The molecule has 0 bridgehead atoms. The van der Waals surface area contributed by atoms with Crippen LogP contribution in [0.1, 0.15) is 52.4 Å². The lowest BCUT2D eigenvalue weighted by Crippen LogP contribution is -2.58. The van der Waals surface area contributed by atoms with E-state index in [4.69, 9.17) is 0 Å². The van der Waals surface area contributed by atoms with Crippen LogP contribution in [0.15, 0.2) is 0 Å². The average molecular weight is 181 g/mol. The monoisotopic (exact) mass is 181 g/mol. The van der Waals surface area contributed by atoms with Crippen LogP contribution >= 0.6 is 0 Å². The van der Waals surface area contributed by atoms with Crippen molar-refractivity contribution < 1.29 is 0 Å². The Balaban J connectivity index is 1.90. The average Bonchev–Trinajstić information content (AvgIpc) is 2.29.